The lowest BCUT2D eigenvalue weighted by Gasteiger charge is -2.14. The molecule has 0 aliphatic heterocycles. The van der Waals surface area contributed by atoms with Crippen LogP contribution in [-0.2, 0) is 0 Å². The standard InChI is InChI=1S/C11H13F4N/c1-7-6-8(2-3-9(7)12)10(16)4-5-11(13,14)15/h2-3,6,10H,4-5,16H2,1H3/t10-/m1/s1. The van der Waals surface area contributed by atoms with E-state index in [4.69, 9.17) is 5.73 Å². The third-order valence-electron chi connectivity index (χ3n) is 2.35. The van der Waals surface area contributed by atoms with Gasteiger partial charge < -0.3 is 5.73 Å². The Labute approximate surface area is 91.3 Å². The van der Waals surface area contributed by atoms with Gasteiger partial charge in [-0.3, -0.25) is 0 Å². The first-order valence-electron chi connectivity index (χ1n) is 4.88. The average Bonchev–Trinajstić information content (AvgIpc) is 2.17. The zero-order chi connectivity index (χ0) is 12.3. The zero-order valence-corrected chi connectivity index (χ0v) is 8.81. The van der Waals surface area contributed by atoms with Crippen LogP contribution in [0.5, 0.6) is 0 Å². The van der Waals surface area contributed by atoms with Crippen molar-refractivity contribution >= 4 is 0 Å². The fourth-order valence-electron chi connectivity index (χ4n) is 1.38. The molecule has 1 rings (SSSR count). The molecule has 0 bridgehead atoms. The largest absolute Gasteiger partial charge is 0.389 e. The van der Waals surface area contributed by atoms with Crippen LogP contribution in [0.25, 0.3) is 0 Å². The molecule has 16 heavy (non-hydrogen) atoms. The fraction of sp³-hybridized carbons (Fsp3) is 0.455. The highest BCUT2D eigenvalue weighted by Crippen LogP contribution is 2.26. The van der Waals surface area contributed by atoms with Crippen LogP contribution in [0.4, 0.5) is 17.6 Å². The Morgan fingerprint density at radius 1 is 1.31 bits per heavy atom. The number of alkyl halides is 3. The average molecular weight is 235 g/mol. The van der Waals surface area contributed by atoms with Gasteiger partial charge in [0.1, 0.15) is 5.82 Å². The van der Waals surface area contributed by atoms with Crippen LogP contribution in [0.2, 0.25) is 0 Å². The summed E-state index contributed by atoms with van der Waals surface area (Å²) in [7, 11) is 0. The van der Waals surface area contributed by atoms with Crippen molar-refractivity contribution in [3.63, 3.8) is 0 Å². The molecule has 0 radical (unpaired) electrons. The minimum absolute atomic E-state index is 0.186. The van der Waals surface area contributed by atoms with Crippen LogP contribution in [0, 0.1) is 12.7 Å². The summed E-state index contributed by atoms with van der Waals surface area (Å²) < 4.78 is 48.8. The second-order valence-corrected chi connectivity index (χ2v) is 3.77. The highest BCUT2D eigenvalue weighted by Gasteiger charge is 2.27. The maximum atomic E-state index is 12.9. The van der Waals surface area contributed by atoms with Crippen LogP contribution in [-0.4, -0.2) is 6.18 Å². The van der Waals surface area contributed by atoms with E-state index in [1.54, 1.807) is 6.92 Å². The summed E-state index contributed by atoms with van der Waals surface area (Å²) in [4.78, 5) is 0. The Morgan fingerprint density at radius 2 is 1.94 bits per heavy atom. The molecule has 0 saturated carbocycles. The first-order valence-corrected chi connectivity index (χ1v) is 4.88. The number of rotatable bonds is 3. The molecule has 1 aromatic rings. The summed E-state index contributed by atoms with van der Waals surface area (Å²) in [5, 5.41) is 0. The smallest absolute Gasteiger partial charge is 0.324 e. The van der Waals surface area contributed by atoms with Gasteiger partial charge >= 0.3 is 6.18 Å². The Balaban J connectivity index is 2.66. The maximum absolute atomic E-state index is 12.9. The van der Waals surface area contributed by atoms with E-state index in [-0.39, 0.29) is 12.2 Å². The second-order valence-electron chi connectivity index (χ2n) is 3.77. The SMILES string of the molecule is Cc1cc([C@H](N)CCC(F)(F)F)ccc1F. The van der Waals surface area contributed by atoms with Crippen molar-refractivity contribution in [1.29, 1.82) is 0 Å². The minimum atomic E-state index is -4.20. The lowest BCUT2D eigenvalue weighted by atomic mass is 10.0. The Kier molecular flexibility index (Phi) is 3.91. The number of benzene rings is 1. The van der Waals surface area contributed by atoms with Crippen LogP contribution >= 0.6 is 0 Å². The summed E-state index contributed by atoms with van der Waals surface area (Å²) >= 11 is 0. The first kappa shape index (κ1) is 13.0. The van der Waals surface area contributed by atoms with E-state index in [9.17, 15) is 17.6 Å². The summed E-state index contributed by atoms with van der Waals surface area (Å²) in [5.74, 6) is -0.383. The first-order chi connectivity index (χ1) is 7.29. The highest BCUT2D eigenvalue weighted by atomic mass is 19.4. The molecule has 1 aromatic carbocycles. The van der Waals surface area contributed by atoms with Gasteiger partial charge in [0, 0.05) is 12.5 Å². The Hall–Kier alpha value is -1.10. The lowest BCUT2D eigenvalue weighted by molar-refractivity contribution is -0.136. The Bertz CT molecular complexity index is 359. The molecule has 1 atom stereocenters. The predicted octanol–water partition coefficient (Wildman–Crippen LogP) is 3.48. The summed E-state index contributed by atoms with van der Waals surface area (Å²) in [6.45, 7) is 1.55. The van der Waals surface area contributed by atoms with Gasteiger partial charge in [-0.1, -0.05) is 12.1 Å². The van der Waals surface area contributed by atoms with Crippen LogP contribution in [0.3, 0.4) is 0 Å². The van der Waals surface area contributed by atoms with Crippen molar-refractivity contribution in [1.82, 2.24) is 0 Å². The van der Waals surface area contributed by atoms with Crippen LogP contribution in [0.15, 0.2) is 18.2 Å². The molecule has 0 aliphatic rings. The molecule has 0 fully saturated rings. The van der Waals surface area contributed by atoms with Crippen molar-refractivity contribution in [3.05, 3.63) is 35.1 Å². The highest BCUT2D eigenvalue weighted by molar-refractivity contribution is 5.26. The van der Waals surface area contributed by atoms with Gasteiger partial charge in [-0.25, -0.2) is 4.39 Å². The number of halogens is 4. The molecule has 0 unspecified atom stereocenters. The molecule has 0 saturated heterocycles. The van der Waals surface area contributed by atoms with Crippen molar-refractivity contribution in [2.75, 3.05) is 0 Å². The van der Waals surface area contributed by atoms with Crippen LogP contribution in [0.1, 0.15) is 30.0 Å². The van der Waals surface area contributed by atoms with E-state index in [2.05, 4.69) is 0 Å². The quantitative estimate of drug-likeness (QED) is 0.797. The summed E-state index contributed by atoms with van der Waals surface area (Å²) in [5.41, 5.74) is 6.52. The number of hydrogen-bond donors (Lipinski definition) is 1. The maximum Gasteiger partial charge on any atom is 0.389 e. The number of aryl methyl sites for hydroxylation is 1. The van der Waals surface area contributed by atoms with Gasteiger partial charge in [0.25, 0.3) is 0 Å². The van der Waals surface area contributed by atoms with Crippen molar-refractivity contribution < 1.29 is 17.6 Å². The molecule has 0 aromatic heterocycles. The van der Waals surface area contributed by atoms with Gasteiger partial charge in [0.05, 0.1) is 0 Å². The van der Waals surface area contributed by atoms with Gasteiger partial charge in [-0.05, 0) is 30.5 Å². The molecule has 5 heteroatoms. The molecule has 90 valence electrons. The normalized spacial score (nSPS) is 13.9. The van der Waals surface area contributed by atoms with E-state index in [0.29, 0.717) is 11.1 Å². The van der Waals surface area contributed by atoms with Gasteiger partial charge in [0.2, 0.25) is 0 Å². The van der Waals surface area contributed by atoms with Gasteiger partial charge in [-0.15, -0.1) is 0 Å². The number of nitrogens with two attached hydrogens (primary N) is 1. The topological polar surface area (TPSA) is 26.0 Å². The van der Waals surface area contributed by atoms with E-state index in [0.717, 1.165) is 0 Å². The number of hydrogen-bond acceptors (Lipinski definition) is 1. The third kappa shape index (κ3) is 3.81. The van der Waals surface area contributed by atoms with E-state index < -0.39 is 18.6 Å². The van der Waals surface area contributed by atoms with Crippen molar-refractivity contribution in [3.8, 4) is 0 Å². The molecule has 0 spiro atoms. The monoisotopic (exact) mass is 235 g/mol. The molecule has 0 heterocycles. The van der Waals surface area contributed by atoms with Gasteiger partial charge in [-0.2, -0.15) is 13.2 Å². The van der Waals surface area contributed by atoms with Crippen LogP contribution < -0.4 is 5.73 Å². The second kappa shape index (κ2) is 4.82. The minimum Gasteiger partial charge on any atom is -0.324 e. The van der Waals surface area contributed by atoms with Crippen molar-refractivity contribution in [2.24, 2.45) is 5.73 Å². The summed E-state index contributed by atoms with van der Waals surface area (Å²) in [6.07, 6.45) is -5.31. The lowest BCUT2D eigenvalue weighted by Crippen LogP contribution is -2.16. The molecule has 0 amide bonds. The molecular formula is C11H13F4N. The van der Waals surface area contributed by atoms with E-state index in [1.807, 2.05) is 0 Å². The van der Waals surface area contributed by atoms with Crippen molar-refractivity contribution in [2.45, 2.75) is 32.0 Å². The molecule has 1 nitrogen and oxygen atoms in total. The molecule has 0 aliphatic carbocycles. The summed E-state index contributed by atoms with van der Waals surface area (Å²) in [6, 6.07) is 3.42. The van der Waals surface area contributed by atoms with Gasteiger partial charge in [0.15, 0.2) is 0 Å². The fourth-order valence-corrected chi connectivity index (χ4v) is 1.38. The zero-order valence-electron chi connectivity index (χ0n) is 8.81. The molecule has 2 N–H and O–H groups in total. The van der Waals surface area contributed by atoms with E-state index >= 15 is 0 Å². The molecular weight excluding hydrogens is 222 g/mol. The Morgan fingerprint density at radius 3 is 2.44 bits per heavy atom. The predicted molar refractivity (Wildman–Crippen MR) is 53.4 cm³/mol. The third-order valence-corrected chi connectivity index (χ3v) is 2.35. The van der Waals surface area contributed by atoms with E-state index in [1.165, 1.54) is 18.2 Å².